The van der Waals surface area contributed by atoms with Gasteiger partial charge in [0, 0.05) is 31.7 Å². The van der Waals surface area contributed by atoms with E-state index in [-0.39, 0.29) is 0 Å². The Morgan fingerprint density at radius 3 is 2.68 bits per heavy atom. The molecule has 1 atom stereocenters. The van der Waals surface area contributed by atoms with Gasteiger partial charge in [-0.2, -0.15) is 0 Å². The minimum absolute atomic E-state index is 0.353. The van der Waals surface area contributed by atoms with Crippen LogP contribution in [0, 0.1) is 6.92 Å². The molecule has 1 fully saturated rings. The van der Waals surface area contributed by atoms with Crippen LogP contribution in [0.25, 0.3) is 0 Å². The molecule has 3 rings (SSSR count). The number of benzene rings is 2. The molecule has 0 aromatic heterocycles. The van der Waals surface area contributed by atoms with Crippen LogP contribution in [0.5, 0.6) is 5.75 Å². The predicted octanol–water partition coefficient (Wildman–Crippen LogP) is 3.15. The average Bonchev–Trinajstić information content (AvgIpc) is 2.57. The van der Waals surface area contributed by atoms with E-state index in [9.17, 15) is 0 Å². The van der Waals surface area contributed by atoms with Crippen molar-refractivity contribution in [1.82, 2.24) is 10.2 Å². The van der Waals surface area contributed by atoms with E-state index in [1.54, 1.807) is 7.11 Å². The summed E-state index contributed by atoms with van der Waals surface area (Å²) in [5, 5.41) is 3.51. The summed E-state index contributed by atoms with van der Waals surface area (Å²) in [7, 11) is 1.75. The van der Waals surface area contributed by atoms with Crippen LogP contribution in [0.4, 0.5) is 0 Å². The molecule has 0 amide bonds. The van der Waals surface area contributed by atoms with E-state index < -0.39 is 0 Å². The molecule has 0 spiro atoms. The van der Waals surface area contributed by atoms with Crippen LogP contribution < -0.4 is 10.1 Å². The highest BCUT2D eigenvalue weighted by Gasteiger charge is 2.25. The Labute approximate surface area is 132 Å². The maximum Gasteiger partial charge on any atom is 0.123 e. The van der Waals surface area contributed by atoms with Gasteiger partial charge in [-0.05, 0) is 18.6 Å². The quantitative estimate of drug-likeness (QED) is 0.938. The molecule has 1 aliphatic heterocycles. The van der Waals surface area contributed by atoms with Gasteiger partial charge in [0.15, 0.2) is 0 Å². The van der Waals surface area contributed by atoms with Crippen molar-refractivity contribution in [2.75, 3.05) is 26.7 Å². The van der Waals surface area contributed by atoms with Gasteiger partial charge in [0.1, 0.15) is 5.75 Å². The molecule has 1 saturated heterocycles. The van der Waals surface area contributed by atoms with Gasteiger partial charge in [-0.25, -0.2) is 0 Å². The van der Waals surface area contributed by atoms with Gasteiger partial charge in [-0.15, -0.1) is 0 Å². The van der Waals surface area contributed by atoms with Gasteiger partial charge in [0.2, 0.25) is 0 Å². The first-order valence-electron chi connectivity index (χ1n) is 7.91. The zero-order chi connectivity index (χ0) is 15.4. The largest absolute Gasteiger partial charge is 0.496 e. The standard InChI is InChI=1S/C19H24N2O/c1-15-7-9-16(10-8-15)14-21-12-11-20-13-18(21)17-5-3-4-6-19(17)22-2/h3-10,18,20H,11-14H2,1-2H3. The first kappa shape index (κ1) is 15.1. The van der Waals surface area contributed by atoms with Gasteiger partial charge >= 0.3 is 0 Å². The molecule has 0 aliphatic carbocycles. The molecular weight excluding hydrogens is 272 g/mol. The van der Waals surface area contributed by atoms with Crippen molar-refractivity contribution in [1.29, 1.82) is 0 Å². The fourth-order valence-electron chi connectivity index (χ4n) is 3.11. The lowest BCUT2D eigenvalue weighted by Gasteiger charge is -2.37. The summed E-state index contributed by atoms with van der Waals surface area (Å²) in [5.74, 6) is 0.977. The molecular formula is C19H24N2O. The molecule has 0 saturated carbocycles. The second kappa shape index (κ2) is 6.95. The first-order valence-corrected chi connectivity index (χ1v) is 7.91. The van der Waals surface area contributed by atoms with E-state index in [0.717, 1.165) is 31.9 Å². The monoisotopic (exact) mass is 296 g/mol. The van der Waals surface area contributed by atoms with Crippen LogP contribution >= 0.6 is 0 Å². The molecule has 2 aromatic carbocycles. The highest BCUT2D eigenvalue weighted by atomic mass is 16.5. The molecule has 0 radical (unpaired) electrons. The normalized spacial score (nSPS) is 19.1. The Bertz CT molecular complexity index is 609. The van der Waals surface area contributed by atoms with E-state index in [4.69, 9.17) is 4.74 Å². The van der Waals surface area contributed by atoms with Gasteiger partial charge in [0.05, 0.1) is 13.2 Å². The molecule has 3 heteroatoms. The van der Waals surface area contributed by atoms with Crippen molar-refractivity contribution in [3.63, 3.8) is 0 Å². The molecule has 1 heterocycles. The maximum atomic E-state index is 5.56. The predicted molar refractivity (Wildman–Crippen MR) is 90.2 cm³/mol. The topological polar surface area (TPSA) is 24.5 Å². The number of para-hydroxylation sites is 1. The summed E-state index contributed by atoms with van der Waals surface area (Å²) >= 11 is 0. The minimum atomic E-state index is 0.353. The molecule has 2 aromatic rings. The zero-order valence-corrected chi connectivity index (χ0v) is 13.4. The fourth-order valence-corrected chi connectivity index (χ4v) is 3.11. The SMILES string of the molecule is COc1ccccc1C1CNCCN1Cc1ccc(C)cc1. The fraction of sp³-hybridized carbons (Fsp3) is 0.368. The Kier molecular flexibility index (Phi) is 4.76. The number of hydrogen-bond donors (Lipinski definition) is 1. The summed E-state index contributed by atoms with van der Waals surface area (Å²) in [4.78, 5) is 2.54. The number of nitrogens with zero attached hydrogens (tertiary/aromatic N) is 1. The number of aryl methyl sites for hydroxylation is 1. The lowest BCUT2D eigenvalue weighted by molar-refractivity contribution is 0.151. The summed E-state index contributed by atoms with van der Waals surface area (Å²) in [6.45, 7) is 6.16. The number of hydrogen-bond acceptors (Lipinski definition) is 3. The molecule has 0 bridgehead atoms. The molecule has 116 valence electrons. The van der Waals surface area contributed by atoms with Crippen LogP contribution in [0.1, 0.15) is 22.7 Å². The number of piperazine rings is 1. The molecule has 1 N–H and O–H groups in total. The second-order valence-electron chi connectivity index (χ2n) is 5.92. The summed E-state index contributed by atoms with van der Waals surface area (Å²) in [5.41, 5.74) is 3.95. The Balaban J connectivity index is 1.83. The Morgan fingerprint density at radius 2 is 1.91 bits per heavy atom. The molecule has 3 nitrogen and oxygen atoms in total. The average molecular weight is 296 g/mol. The highest BCUT2D eigenvalue weighted by Crippen LogP contribution is 2.31. The van der Waals surface area contributed by atoms with Crippen molar-refractivity contribution in [3.8, 4) is 5.75 Å². The summed E-state index contributed by atoms with van der Waals surface area (Å²) < 4.78 is 5.56. The Morgan fingerprint density at radius 1 is 1.14 bits per heavy atom. The van der Waals surface area contributed by atoms with Crippen molar-refractivity contribution < 1.29 is 4.74 Å². The number of ether oxygens (including phenoxy) is 1. The first-order chi connectivity index (χ1) is 10.8. The van der Waals surface area contributed by atoms with E-state index in [2.05, 4.69) is 53.5 Å². The number of methoxy groups -OCH3 is 1. The van der Waals surface area contributed by atoms with Crippen LogP contribution in [-0.4, -0.2) is 31.6 Å². The third kappa shape index (κ3) is 3.32. The lowest BCUT2D eigenvalue weighted by Crippen LogP contribution is -2.45. The number of nitrogens with one attached hydrogen (secondary N) is 1. The molecule has 1 unspecified atom stereocenters. The second-order valence-corrected chi connectivity index (χ2v) is 5.92. The zero-order valence-electron chi connectivity index (χ0n) is 13.4. The van der Waals surface area contributed by atoms with Crippen LogP contribution in [0.3, 0.4) is 0 Å². The van der Waals surface area contributed by atoms with E-state index in [1.165, 1.54) is 16.7 Å². The highest BCUT2D eigenvalue weighted by molar-refractivity contribution is 5.36. The van der Waals surface area contributed by atoms with E-state index in [1.807, 2.05) is 12.1 Å². The third-order valence-corrected chi connectivity index (χ3v) is 4.36. The van der Waals surface area contributed by atoms with Crippen molar-refractivity contribution in [2.45, 2.75) is 19.5 Å². The Hall–Kier alpha value is -1.84. The van der Waals surface area contributed by atoms with Crippen LogP contribution in [0.15, 0.2) is 48.5 Å². The summed E-state index contributed by atoms with van der Waals surface area (Å²) in [6, 6.07) is 17.6. The smallest absolute Gasteiger partial charge is 0.123 e. The van der Waals surface area contributed by atoms with Crippen molar-refractivity contribution in [2.24, 2.45) is 0 Å². The third-order valence-electron chi connectivity index (χ3n) is 4.36. The van der Waals surface area contributed by atoms with Crippen LogP contribution in [-0.2, 0) is 6.54 Å². The van der Waals surface area contributed by atoms with Gasteiger partial charge in [-0.1, -0.05) is 48.0 Å². The molecule has 1 aliphatic rings. The van der Waals surface area contributed by atoms with Crippen molar-refractivity contribution >= 4 is 0 Å². The van der Waals surface area contributed by atoms with E-state index >= 15 is 0 Å². The van der Waals surface area contributed by atoms with Crippen molar-refractivity contribution in [3.05, 3.63) is 65.2 Å². The summed E-state index contributed by atoms with van der Waals surface area (Å²) in [6.07, 6.45) is 0. The number of rotatable bonds is 4. The minimum Gasteiger partial charge on any atom is -0.496 e. The van der Waals surface area contributed by atoms with Gasteiger partial charge < -0.3 is 10.1 Å². The van der Waals surface area contributed by atoms with E-state index in [0.29, 0.717) is 6.04 Å². The molecule has 22 heavy (non-hydrogen) atoms. The van der Waals surface area contributed by atoms with Gasteiger partial charge in [-0.3, -0.25) is 4.90 Å². The van der Waals surface area contributed by atoms with Gasteiger partial charge in [0.25, 0.3) is 0 Å². The van der Waals surface area contributed by atoms with Crippen LogP contribution in [0.2, 0.25) is 0 Å². The lowest BCUT2D eigenvalue weighted by atomic mass is 10.0. The maximum absolute atomic E-state index is 5.56.